The average molecular weight is 408 g/mol. The molecule has 4 rings (SSSR count). The van der Waals surface area contributed by atoms with E-state index in [1.165, 1.54) is 5.56 Å². The minimum absolute atomic E-state index is 0.0272. The number of hydrogen-bond acceptors (Lipinski definition) is 4. The van der Waals surface area contributed by atoms with E-state index in [0.717, 1.165) is 46.5 Å². The van der Waals surface area contributed by atoms with Crippen LogP contribution in [0, 0.1) is 0 Å². The highest BCUT2D eigenvalue weighted by molar-refractivity contribution is 5.88. The topological polar surface area (TPSA) is 66.6 Å². The Hall–Kier alpha value is -2.99. The lowest BCUT2D eigenvalue weighted by Crippen LogP contribution is -2.32. The number of amides is 1. The third kappa shape index (κ3) is 4.00. The van der Waals surface area contributed by atoms with Crippen molar-refractivity contribution in [2.24, 2.45) is 0 Å². The molecule has 0 spiro atoms. The summed E-state index contributed by atoms with van der Waals surface area (Å²) in [5.41, 5.74) is 4.49. The second-order valence-electron chi connectivity index (χ2n) is 7.93. The largest absolute Gasteiger partial charge is 0.454 e. The molecule has 1 aliphatic rings. The molecule has 1 atom stereocenters. The first-order valence-corrected chi connectivity index (χ1v) is 10.5. The molecule has 3 aromatic rings. The van der Waals surface area contributed by atoms with Gasteiger partial charge in [0.2, 0.25) is 12.7 Å². The Labute approximate surface area is 177 Å². The van der Waals surface area contributed by atoms with E-state index >= 15 is 0 Å². The van der Waals surface area contributed by atoms with Gasteiger partial charge >= 0.3 is 0 Å². The minimum Gasteiger partial charge on any atom is -0.454 e. The average Bonchev–Trinajstić information content (AvgIpc) is 3.38. The van der Waals surface area contributed by atoms with E-state index < -0.39 is 0 Å². The number of H-pyrrole nitrogens is 1. The first kappa shape index (κ1) is 20.3. The number of carbonyl (C=O) groups excluding carboxylic acids is 1. The first-order valence-electron chi connectivity index (χ1n) is 10.5. The van der Waals surface area contributed by atoms with E-state index in [2.05, 4.69) is 40.3 Å². The number of fused-ring (bicyclic) bond motifs is 2. The van der Waals surface area contributed by atoms with Crippen molar-refractivity contribution < 1.29 is 14.3 Å². The first-order chi connectivity index (χ1) is 14.6. The monoisotopic (exact) mass is 407 g/mol. The van der Waals surface area contributed by atoms with Crippen LogP contribution in [0.5, 0.6) is 11.5 Å². The Bertz CT molecular complexity index is 1040. The molecule has 0 aliphatic carbocycles. The number of ether oxygens (including phenoxy) is 2. The van der Waals surface area contributed by atoms with Gasteiger partial charge in [-0.2, -0.15) is 0 Å². The zero-order valence-electron chi connectivity index (χ0n) is 17.8. The highest BCUT2D eigenvalue weighted by atomic mass is 16.7. The van der Waals surface area contributed by atoms with Gasteiger partial charge in [-0.15, -0.1) is 0 Å². The van der Waals surface area contributed by atoms with E-state index in [-0.39, 0.29) is 18.6 Å². The second-order valence-corrected chi connectivity index (χ2v) is 7.93. The fourth-order valence-corrected chi connectivity index (χ4v) is 4.11. The number of aromatic amines is 1. The Morgan fingerprint density at radius 2 is 2.00 bits per heavy atom. The SMILES string of the molecule is CCc1cccc2c([C@@H](CC(=O)NCCN(C)C)c3cccc4c3OCO4)c[nH]c12. The molecule has 2 aromatic carbocycles. The number of likely N-dealkylation sites (N-methyl/N-ethyl adjacent to an activating group) is 1. The Balaban J connectivity index is 1.72. The van der Waals surface area contributed by atoms with E-state index in [1.807, 2.05) is 38.5 Å². The van der Waals surface area contributed by atoms with Gasteiger partial charge in [0.1, 0.15) is 0 Å². The number of benzene rings is 2. The van der Waals surface area contributed by atoms with E-state index in [4.69, 9.17) is 9.47 Å². The number of para-hydroxylation sites is 2. The van der Waals surface area contributed by atoms with Gasteiger partial charge in [-0.3, -0.25) is 4.79 Å². The number of rotatable bonds is 8. The third-order valence-electron chi connectivity index (χ3n) is 5.66. The van der Waals surface area contributed by atoms with Crippen molar-refractivity contribution in [1.29, 1.82) is 0 Å². The number of nitrogens with zero attached hydrogens (tertiary/aromatic N) is 1. The molecule has 0 saturated carbocycles. The molecule has 6 heteroatoms. The van der Waals surface area contributed by atoms with Gasteiger partial charge in [-0.1, -0.05) is 37.3 Å². The summed E-state index contributed by atoms with van der Waals surface area (Å²) in [5, 5.41) is 4.20. The molecule has 158 valence electrons. The van der Waals surface area contributed by atoms with Gasteiger partial charge < -0.3 is 24.7 Å². The molecule has 0 fully saturated rings. The molecule has 2 heterocycles. The van der Waals surface area contributed by atoms with Crippen molar-refractivity contribution >= 4 is 16.8 Å². The fraction of sp³-hybridized carbons (Fsp3) is 0.375. The van der Waals surface area contributed by atoms with E-state index in [9.17, 15) is 4.79 Å². The van der Waals surface area contributed by atoms with Gasteiger partial charge in [0.05, 0.1) is 0 Å². The van der Waals surface area contributed by atoms with Crippen LogP contribution in [0.3, 0.4) is 0 Å². The number of aryl methyl sites for hydroxylation is 1. The summed E-state index contributed by atoms with van der Waals surface area (Å²) in [6.07, 6.45) is 3.33. The predicted octanol–water partition coefficient (Wildman–Crippen LogP) is 3.66. The van der Waals surface area contributed by atoms with Crippen LogP contribution in [0.2, 0.25) is 0 Å². The van der Waals surface area contributed by atoms with Crippen LogP contribution in [0.15, 0.2) is 42.6 Å². The molecule has 0 bridgehead atoms. The number of carbonyl (C=O) groups is 1. The summed E-state index contributed by atoms with van der Waals surface area (Å²) >= 11 is 0. The number of hydrogen-bond donors (Lipinski definition) is 2. The Kier molecular flexibility index (Phi) is 5.95. The molecular weight excluding hydrogens is 378 g/mol. The van der Waals surface area contributed by atoms with Gasteiger partial charge in [-0.25, -0.2) is 0 Å². The van der Waals surface area contributed by atoms with Crippen molar-refractivity contribution in [2.45, 2.75) is 25.7 Å². The van der Waals surface area contributed by atoms with Crippen LogP contribution in [0.1, 0.15) is 36.0 Å². The second kappa shape index (κ2) is 8.79. The Morgan fingerprint density at radius 3 is 2.80 bits per heavy atom. The summed E-state index contributed by atoms with van der Waals surface area (Å²) in [6, 6.07) is 12.3. The molecule has 2 N–H and O–H groups in total. The summed E-state index contributed by atoms with van der Waals surface area (Å²) in [7, 11) is 3.99. The van der Waals surface area contributed by atoms with Crippen molar-refractivity contribution in [2.75, 3.05) is 34.0 Å². The molecule has 0 radical (unpaired) electrons. The third-order valence-corrected chi connectivity index (χ3v) is 5.66. The lowest BCUT2D eigenvalue weighted by Gasteiger charge is -2.19. The smallest absolute Gasteiger partial charge is 0.231 e. The van der Waals surface area contributed by atoms with E-state index in [0.29, 0.717) is 13.0 Å². The minimum atomic E-state index is -0.137. The lowest BCUT2D eigenvalue weighted by atomic mass is 9.86. The summed E-state index contributed by atoms with van der Waals surface area (Å²) in [5.74, 6) is 1.37. The van der Waals surface area contributed by atoms with Crippen LogP contribution >= 0.6 is 0 Å². The van der Waals surface area contributed by atoms with Crippen molar-refractivity contribution in [3.63, 3.8) is 0 Å². The van der Waals surface area contributed by atoms with Crippen molar-refractivity contribution in [3.8, 4) is 11.5 Å². The zero-order valence-corrected chi connectivity index (χ0v) is 17.8. The number of nitrogens with one attached hydrogen (secondary N) is 2. The normalized spacial score (nSPS) is 13.7. The van der Waals surface area contributed by atoms with Crippen LogP contribution in [-0.4, -0.2) is 49.8 Å². The van der Waals surface area contributed by atoms with Crippen LogP contribution in [0.25, 0.3) is 10.9 Å². The van der Waals surface area contributed by atoms with Gasteiger partial charge in [0, 0.05) is 48.1 Å². The molecule has 0 saturated heterocycles. The summed E-state index contributed by atoms with van der Waals surface area (Å²) in [6.45, 7) is 3.79. The Morgan fingerprint density at radius 1 is 1.17 bits per heavy atom. The fourth-order valence-electron chi connectivity index (χ4n) is 4.11. The standard InChI is InChI=1S/C24H29N3O3/c1-4-16-7-5-8-17-20(14-26-23(16)17)19(13-22(28)25-11-12-27(2)3)18-9-6-10-21-24(18)30-15-29-21/h5-10,14,19,26H,4,11-13,15H2,1-3H3,(H,25,28)/t19-/m0/s1. The molecule has 0 unspecified atom stereocenters. The summed E-state index contributed by atoms with van der Waals surface area (Å²) < 4.78 is 11.4. The van der Waals surface area contributed by atoms with Gasteiger partial charge in [0.15, 0.2) is 11.5 Å². The highest BCUT2D eigenvalue weighted by Crippen LogP contribution is 2.44. The number of aromatic nitrogens is 1. The molecule has 30 heavy (non-hydrogen) atoms. The van der Waals surface area contributed by atoms with Crippen molar-refractivity contribution in [1.82, 2.24) is 15.2 Å². The molecular formula is C24H29N3O3. The maximum absolute atomic E-state index is 12.9. The molecule has 1 amide bonds. The van der Waals surface area contributed by atoms with Gasteiger partial charge in [0.25, 0.3) is 0 Å². The lowest BCUT2D eigenvalue weighted by molar-refractivity contribution is -0.121. The quantitative estimate of drug-likeness (QED) is 0.598. The zero-order chi connectivity index (χ0) is 21.1. The van der Waals surface area contributed by atoms with Crippen LogP contribution < -0.4 is 14.8 Å². The van der Waals surface area contributed by atoms with E-state index in [1.54, 1.807) is 0 Å². The van der Waals surface area contributed by atoms with Crippen LogP contribution in [-0.2, 0) is 11.2 Å². The highest BCUT2D eigenvalue weighted by Gasteiger charge is 2.28. The molecule has 1 aliphatic heterocycles. The predicted molar refractivity (Wildman–Crippen MR) is 118 cm³/mol. The molecule has 1 aromatic heterocycles. The molecule has 6 nitrogen and oxygen atoms in total. The maximum atomic E-state index is 12.9. The van der Waals surface area contributed by atoms with Crippen LogP contribution in [0.4, 0.5) is 0 Å². The maximum Gasteiger partial charge on any atom is 0.231 e. The van der Waals surface area contributed by atoms with Gasteiger partial charge in [-0.05, 0) is 37.7 Å². The van der Waals surface area contributed by atoms with Crippen molar-refractivity contribution in [3.05, 3.63) is 59.3 Å². The summed E-state index contributed by atoms with van der Waals surface area (Å²) in [4.78, 5) is 18.4.